The summed E-state index contributed by atoms with van der Waals surface area (Å²) in [4.78, 5) is 17.7. The summed E-state index contributed by atoms with van der Waals surface area (Å²) in [6.07, 6.45) is 0.774. The largest absolute Gasteiger partial charge is 0.348 e. The van der Waals surface area contributed by atoms with Crippen LogP contribution in [0.4, 0.5) is 0 Å². The first kappa shape index (κ1) is 19.9. The van der Waals surface area contributed by atoms with Gasteiger partial charge in [0, 0.05) is 26.9 Å². The van der Waals surface area contributed by atoms with Crippen molar-refractivity contribution in [1.29, 1.82) is 0 Å². The maximum Gasteiger partial charge on any atom is 0.271 e. The molecular weight excluding hydrogens is 399 g/mol. The van der Waals surface area contributed by atoms with Gasteiger partial charge in [0.25, 0.3) is 5.91 Å². The molecule has 0 saturated heterocycles. The third-order valence-corrected chi connectivity index (χ3v) is 5.85. The van der Waals surface area contributed by atoms with E-state index in [1.807, 2.05) is 62.4 Å². The number of carbonyl (C=O) groups excluding carboxylic acids is 1. The Labute approximate surface area is 173 Å². The van der Waals surface area contributed by atoms with E-state index in [2.05, 4.69) is 10.3 Å². The first-order valence-electron chi connectivity index (χ1n) is 8.65. The van der Waals surface area contributed by atoms with Crippen LogP contribution in [0.25, 0.3) is 0 Å². The van der Waals surface area contributed by atoms with Gasteiger partial charge in [0.2, 0.25) is 0 Å². The van der Waals surface area contributed by atoms with Crippen molar-refractivity contribution in [2.75, 3.05) is 0 Å². The van der Waals surface area contributed by atoms with E-state index < -0.39 is 0 Å². The van der Waals surface area contributed by atoms with E-state index in [0.29, 0.717) is 15.7 Å². The lowest BCUT2D eigenvalue weighted by atomic mass is 9.86. The van der Waals surface area contributed by atoms with Crippen molar-refractivity contribution in [3.05, 3.63) is 85.8 Å². The molecule has 0 bridgehead atoms. The summed E-state index contributed by atoms with van der Waals surface area (Å²) in [5, 5.41) is 4.52. The lowest BCUT2D eigenvalue weighted by Crippen LogP contribution is -2.38. The number of hydrogen-bond acceptors (Lipinski definition) is 3. The molecule has 2 unspecified atom stereocenters. The van der Waals surface area contributed by atoms with Crippen LogP contribution in [-0.2, 0) is 6.42 Å². The lowest BCUT2D eigenvalue weighted by molar-refractivity contribution is 0.0929. The highest BCUT2D eigenvalue weighted by atomic mass is 35.5. The van der Waals surface area contributed by atoms with Crippen molar-refractivity contribution in [2.24, 2.45) is 0 Å². The summed E-state index contributed by atoms with van der Waals surface area (Å²) in [6.45, 7) is 3.93. The molecule has 2 atom stereocenters. The van der Waals surface area contributed by atoms with Gasteiger partial charge in [0.1, 0.15) is 5.69 Å². The second-order valence-electron chi connectivity index (χ2n) is 6.51. The summed E-state index contributed by atoms with van der Waals surface area (Å²) < 4.78 is 0. The molecule has 27 heavy (non-hydrogen) atoms. The van der Waals surface area contributed by atoms with E-state index in [1.54, 1.807) is 5.51 Å². The summed E-state index contributed by atoms with van der Waals surface area (Å²) in [6, 6.07) is 15.5. The Kier molecular flexibility index (Phi) is 6.53. The monoisotopic (exact) mass is 418 g/mol. The van der Waals surface area contributed by atoms with Gasteiger partial charge in [-0.25, -0.2) is 4.98 Å². The van der Waals surface area contributed by atoms with Crippen LogP contribution in [0.15, 0.2) is 54.0 Å². The topological polar surface area (TPSA) is 42.0 Å². The molecule has 0 spiro atoms. The number of halogens is 2. The molecule has 0 aliphatic rings. The number of hydrogen-bond donors (Lipinski definition) is 1. The number of thiazole rings is 1. The number of nitrogens with one attached hydrogen (secondary N) is 1. The molecular formula is C21H20Cl2N2OS. The van der Waals surface area contributed by atoms with Gasteiger partial charge in [0.15, 0.2) is 0 Å². The van der Waals surface area contributed by atoms with Gasteiger partial charge in [-0.15, -0.1) is 11.3 Å². The molecule has 1 heterocycles. The average Bonchev–Trinajstić information content (AvgIpc) is 3.08. The molecule has 2 aromatic carbocycles. The zero-order valence-corrected chi connectivity index (χ0v) is 17.4. The van der Waals surface area contributed by atoms with Crippen LogP contribution in [0.5, 0.6) is 0 Å². The van der Waals surface area contributed by atoms with Gasteiger partial charge < -0.3 is 5.32 Å². The van der Waals surface area contributed by atoms with E-state index in [9.17, 15) is 4.79 Å². The molecule has 3 rings (SSSR count). The summed E-state index contributed by atoms with van der Waals surface area (Å²) in [5.41, 5.74) is 4.47. The van der Waals surface area contributed by atoms with Crippen LogP contribution >= 0.6 is 34.5 Å². The van der Waals surface area contributed by atoms with Gasteiger partial charge in [-0.05, 0) is 55.7 Å². The number of rotatable bonds is 6. The zero-order valence-electron chi connectivity index (χ0n) is 15.1. The molecule has 3 aromatic rings. The molecule has 0 radical (unpaired) electrons. The highest BCUT2D eigenvalue weighted by molar-refractivity contribution is 7.09. The Bertz CT molecular complexity index is 907. The molecule has 0 saturated carbocycles. The van der Waals surface area contributed by atoms with Gasteiger partial charge >= 0.3 is 0 Å². The van der Waals surface area contributed by atoms with Gasteiger partial charge in [-0.3, -0.25) is 4.79 Å². The minimum atomic E-state index is -0.142. The van der Waals surface area contributed by atoms with Gasteiger partial charge in [0.05, 0.1) is 5.51 Å². The van der Waals surface area contributed by atoms with Gasteiger partial charge in [-0.1, -0.05) is 47.5 Å². The van der Waals surface area contributed by atoms with Gasteiger partial charge in [-0.2, -0.15) is 0 Å². The fraction of sp³-hybridized carbons (Fsp3) is 0.238. The van der Waals surface area contributed by atoms with Crippen LogP contribution < -0.4 is 5.32 Å². The molecule has 0 fully saturated rings. The normalized spacial score (nSPS) is 13.2. The van der Waals surface area contributed by atoms with E-state index in [-0.39, 0.29) is 17.9 Å². The summed E-state index contributed by atoms with van der Waals surface area (Å²) in [7, 11) is 0. The number of aryl methyl sites for hydroxylation is 1. The SMILES string of the molecule is Cc1scnc1C(=O)NC(C)C(Cc1ccc(Cl)cc1)c1ccc(Cl)cc1. The Morgan fingerprint density at radius 1 is 1.07 bits per heavy atom. The van der Waals surface area contributed by atoms with Crippen LogP contribution in [0.3, 0.4) is 0 Å². The van der Waals surface area contributed by atoms with Crippen LogP contribution in [0, 0.1) is 6.92 Å². The van der Waals surface area contributed by atoms with Crippen molar-refractivity contribution in [2.45, 2.75) is 32.2 Å². The van der Waals surface area contributed by atoms with E-state index in [0.717, 1.165) is 22.4 Å². The maximum atomic E-state index is 12.6. The molecule has 3 nitrogen and oxygen atoms in total. The lowest BCUT2D eigenvalue weighted by Gasteiger charge is -2.26. The zero-order chi connectivity index (χ0) is 19.4. The Morgan fingerprint density at radius 2 is 1.67 bits per heavy atom. The second kappa shape index (κ2) is 8.87. The molecule has 0 aliphatic heterocycles. The van der Waals surface area contributed by atoms with Crippen molar-refractivity contribution in [3.8, 4) is 0 Å². The fourth-order valence-electron chi connectivity index (χ4n) is 3.07. The predicted octanol–water partition coefficient (Wildman–Crippen LogP) is 5.90. The smallest absolute Gasteiger partial charge is 0.271 e. The first-order chi connectivity index (χ1) is 12.9. The summed E-state index contributed by atoms with van der Waals surface area (Å²) >= 11 is 13.5. The fourth-order valence-corrected chi connectivity index (χ4v) is 3.89. The van der Waals surface area contributed by atoms with Crippen molar-refractivity contribution < 1.29 is 4.79 Å². The first-order valence-corrected chi connectivity index (χ1v) is 10.3. The molecule has 1 amide bonds. The van der Waals surface area contributed by atoms with E-state index in [4.69, 9.17) is 23.2 Å². The van der Waals surface area contributed by atoms with Crippen LogP contribution in [0.1, 0.15) is 39.3 Å². The molecule has 6 heteroatoms. The average molecular weight is 419 g/mol. The Morgan fingerprint density at radius 3 is 2.22 bits per heavy atom. The summed E-state index contributed by atoms with van der Waals surface area (Å²) in [5.74, 6) is -0.0531. The van der Waals surface area contributed by atoms with Crippen LogP contribution in [-0.4, -0.2) is 16.9 Å². The maximum absolute atomic E-state index is 12.6. The number of amides is 1. The van der Waals surface area contributed by atoms with Crippen LogP contribution in [0.2, 0.25) is 10.0 Å². The highest BCUT2D eigenvalue weighted by Crippen LogP contribution is 2.27. The van der Waals surface area contributed by atoms with Crippen molar-refractivity contribution >= 4 is 40.4 Å². The standard InChI is InChI=1S/C21H20Cl2N2OS/c1-13(25-21(26)20-14(2)27-12-24-20)19(16-5-9-18(23)10-6-16)11-15-3-7-17(22)8-4-15/h3-10,12-13,19H,11H2,1-2H3,(H,25,26). The van der Waals surface area contributed by atoms with Crippen molar-refractivity contribution in [1.82, 2.24) is 10.3 Å². The van der Waals surface area contributed by atoms with Crippen molar-refractivity contribution in [3.63, 3.8) is 0 Å². The minimum absolute atomic E-state index is 0.0875. The molecule has 140 valence electrons. The molecule has 0 aliphatic carbocycles. The Balaban J connectivity index is 1.83. The van der Waals surface area contributed by atoms with E-state index >= 15 is 0 Å². The quantitative estimate of drug-likeness (QED) is 0.540. The number of aromatic nitrogens is 1. The predicted molar refractivity (Wildman–Crippen MR) is 113 cm³/mol. The number of nitrogens with zero attached hydrogens (tertiary/aromatic N) is 1. The third-order valence-electron chi connectivity index (χ3n) is 4.59. The Hall–Kier alpha value is -1.88. The second-order valence-corrected chi connectivity index (χ2v) is 8.44. The molecule has 1 N–H and O–H groups in total. The third kappa shape index (κ3) is 5.10. The molecule has 1 aromatic heterocycles. The minimum Gasteiger partial charge on any atom is -0.348 e. The number of benzene rings is 2. The van der Waals surface area contributed by atoms with E-state index in [1.165, 1.54) is 11.3 Å². The highest BCUT2D eigenvalue weighted by Gasteiger charge is 2.23. The number of carbonyl (C=O) groups is 1.